The lowest BCUT2D eigenvalue weighted by molar-refractivity contribution is 0.0958. The number of aryl methyl sites for hydroxylation is 1. The maximum Gasteiger partial charge on any atom is 0.261 e. The highest BCUT2D eigenvalue weighted by molar-refractivity contribution is 7.20. The molecular weight excluding hydrogens is 363 g/mol. The molecule has 0 aliphatic rings. The van der Waals surface area contributed by atoms with Gasteiger partial charge in [-0.25, -0.2) is 9.07 Å². The van der Waals surface area contributed by atoms with E-state index in [9.17, 15) is 9.18 Å². The third kappa shape index (κ3) is 4.18. The number of nitrogens with zero attached hydrogens (tertiary/aromatic N) is 2. The Balaban J connectivity index is 0.00000225. The number of aromatic nitrogens is 2. The molecule has 3 aromatic rings. The van der Waals surface area contributed by atoms with Gasteiger partial charge in [0.15, 0.2) is 0 Å². The highest BCUT2D eigenvalue weighted by atomic mass is 35.5. The zero-order valence-corrected chi connectivity index (χ0v) is 15.6. The van der Waals surface area contributed by atoms with Crippen LogP contribution in [-0.2, 0) is 0 Å². The summed E-state index contributed by atoms with van der Waals surface area (Å²) >= 11 is 1.39. The molecule has 0 aliphatic heterocycles. The maximum absolute atomic E-state index is 13.1. The summed E-state index contributed by atoms with van der Waals surface area (Å²) in [6.07, 6.45) is 0. The van der Waals surface area contributed by atoms with E-state index in [1.54, 1.807) is 16.8 Å². The van der Waals surface area contributed by atoms with E-state index < -0.39 is 0 Å². The molecule has 2 heterocycles. The lowest BCUT2D eigenvalue weighted by atomic mass is 10.3. The smallest absolute Gasteiger partial charge is 0.261 e. The molecule has 0 bridgehead atoms. The number of nitrogens with one attached hydrogen (secondary N) is 2. The second-order valence-corrected chi connectivity index (χ2v) is 6.44. The molecule has 5 nitrogen and oxygen atoms in total. The molecular formula is C17H20ClFN4OS. The summed E-state index contributed by atoms with van der Waals surface area (Å²) in [6.45, 7) is 6.14. The van der Waals surface area contributed by atoms with E-state index in [2.05, 4.69) is 15.7 Å². The summed E-state index contributed by atoms with van der Waals surface area (Å²) in [5.74, 6) is -0.370. The summed E-state index contributed by atoms with van der Waals surface area (Å²) in [7, 11) is 0. The SMILES string of the molecule is CCNCCNC(=O)c1cc2c(C)nn(-c3ccc(F)cc3)c2s1.Cl. The van der Waals surface area contributed by atoms with Crippen LogP contribution in [0.5, 0.6) is 0 Å². The standard InChI is InChI=1S/C17H19FN4OS.ClH/c1-3-19-8-9-20-16(23)15-10-14-11(2)21-22(17(14)24-15)13-6-4-12(18)5-7-13;/h4-7,10,19H,3,8-9H2,1-2H3,(H,20,23);1H. The normalized spacial score (nSPS) is 10.7. The molecule has 25 heavy (non-hydrogen) atoms. The molecule has 0 radical (unpaired) electrons. The summed E-state index contributed by atoms with van der Waals surface area (Å²) in [5, 5.41) is 11.5. The van der Waals surface area contributed by atoms with Gasteiger partial charge in [0.2, 0.25) is 0 Å². The van der Waals surface area contributed by atoms with Gasteiger partial charge in [-0.3, -0.25) is 4.79 Å². The van der Waals surface area contributed by atoms with Crippen molar-refractivity contribution < 1.29 is 9.18 Å². The van der Waals surface area contributed by atoms with Crippen molar-refractivity contribution in [3.63, 3.8) is 0 Å². The Bertz CT molecular complexity index is 860. The zero-order chi connectivity index (χ0) is 17.1. The quantitative estimate of drug-likeness (QED) is 0.643. The first-order valence-electron chi connectivity index (χ1n) is 7.84. The summed E-state index contributed by atoms with van der Waals surface area (Å²) in [4.78, 5) is 13.8. The summed E-state index contributed by atoms with van der Waals surface area (Å²) in [5.41, 5.74) is 1.62. The van der Waals surface area contributed by atoms with E-state index in [1.807, 2.05) is 19.9 Å². The fourth-order valence-corrected chi connectivity index (χ4v) is 3.54. The number of hydrogen-bond donors (Lipinski definition) is 2. The van der Waals surface area contributed by atoms with Crippen LogP contribution in [0.15, 0.2) is 30.3 Å². The number of amides is 1. The van der Waals surface area contributed by atoms with Crippen molar-refractivity contribution in [2.75, 3.05) is 19.6 Å². The first-order chi connectivity index (χ1) is 11.6. The molecule has 8 heteroatoms. The van der Waals surface area contributed by atoms with E-state index in [0.29, 0.717) is 11.4 Å². The molecule has 3 rings (SSSR count). The summed E-state index contributed by atoms with van der Waals surface area (Å²) in [6, 6.07) is 8.03. The lowest BCUT2D eigenvalue weighted by Crippen LogP contribution is -2.31. The van der Waals surface area contributed by atoms with Gasteiger partial charge >= 0.3 is 0 Å². The monoisotopic (exact) mass is 382 g/mol. The average Bonchev–Trinajstić information content (AvgIpc) is 3.13. The number of carbonyl (C=O) groups is 1. The number of hydrogen-bond acceptors (Lipinski definition) is 4. The van der Waals surface area contributed by atoms with Gasteiger partial charge in [0.1, 0.15) is 10.6 Å². The predicted octanol–water partition coefficient (Wildman–Crippen LogP) is 3.30. The number of benzene rings is 1. The van der Waals surface area contributed by atoms with Crippen LogP contribution in [0, 0.1) is 12.7 Å². The predicted molar refractivity (Wildman–Crippen MR) is 102 cm³/mol. The largest absolute Gasteiger partial charge is 0.350 e. The molecule has 0 fully saturated rings. The highest BCUT2D eigenvalue weighted by Crippen LogP contribution is 2.30. The molecule has 0 spiro atoms. The number of carbonyl (C=O) groups excluding carboxylic acids is 1. The Kier molecular flexibility index (Phi) is 6.52. The maximum atomic E-state index is 13.1. The zero-order valence-electron chi connectivity index (χ0n) is 14.0. The molecule has 0 saturated carbocycles. The molecule has 134 valence electrons. The number of thiophene rings is 1. The third-order valence-electron chi connectivity index (χ3n) is 3.68. The minimum atomic E-state index is -0.286. The number of likely N-dealkylation sites (N-methyl/N-ethyl adjacent to an activating group) is 1. The first kappa shape index (κ1) is 19.4. The van der Waals surface area contributed by atoms with Gasteiger partial charge in [0.25, 0.3) is 5.91 Å². The lowest BCUT2D eigenvalue weighted by Gasteiger charge is -2.04. The average molecular weight is 383 g/mol. The van der Waals surface area contributed by atoms with Crippen LogP contribution in [0.3, 0.4) is 0 Å². The number of fused-ring (bicyclic) bond motifs is 1. The van der Waals surface area contributed by atoms with Gasteiger partial charge in [0.05, 0.1) is 16.3 Å². The van der Waals surface area contributed by atoms with E-state index >= 15 is 0 Å². The van der Waals surface area contributed by atoms with Gasteiger partial charge in [0, 0.05) is 18.5 Å². The first-order valence-corrected chi connectivity index (χ1v) is 8.66. The van der Waals surface area contributed by atoms with Crippen molar-refractivity contribution in [3.05, 3.63) is 46.7 Å². The molecule has 0 saturated heterocycles. The molecule has 2 N–H and O–H groups in total. The second kappa shape index (κ2) is 8.42. The van der Waals surface area contributed by atoms with Gasteiger partial charge in [-0.15, -0.1) is 23.7 Å². The number of halogens is 2. The van der Waals surface area contributed by atoms with Crippen molar-refractivity contribution in [2.24, 2.45) is 0 Å². The molecule has 0 unspecified atom stereocenters. The molecule has 0 atom stereocenters. The number of rotatable bonds is 6. The Morgan fingerprint density at radius 3 is 2.68 bits per heavy atom. The van der Waals surface area contributed by atoms with Crippen molar-refractivity contribution in [2.45, 2.75) is 13.8 Å². The minimum absolute atomic E-state index is 0. The van der Waals surface area contributed by atoms with Crippen LogP contribution < -0.4 is 10.6 Å². The van der Waals surface area contributed by atoms with Crippen molar-refractivity contribution in [1.82, 2.24) is 20.4 Å². The van der Waals surface area contributed by atoms with Crippen LogP contribution in [0.25, 0.3) is 15.9 Å². The Hall–Kier alpha value is -1.96. The summed E-state index contributed by atoms with van der Waals surface area (Å²) < 4.78 is 14.9. The van der Waals surface area contributed by atoms with Gasteiger partial charge in [-0.05, 0) is 43.8 Å². The van der Waals surface area contributed by atoms with Crippen LogP contribution in [0.1, 0.15) is 22.3 Å². The third-order valence-corrected chi connectivity index (χ3v) is 4.79. The van der Waals surface area contributed by atoms with Gasteiger partial charge in [-0.2, -0.15) is 5.10 Å². The van der Waals surface area contributed by atoms with E-state index in [0.717, 1.165) is 34.7 Å². The Labute approximate surface area is 155 Å². The van der Waals surface area contributed by atoms with Gasteiger partial charge < -0.3 is 10.6 Å². The molecule has 1 aromatic carbocycles. The van der Waals surface area contributed by atoms with E-state index in [4.69, 9.17) is 0 Å². The molecule has 0 aliphatic carbocycles. The fraction of sp³-hybridized carbons (Fsp3) is 0.294. The van der Waals surface area contributed by atoms with E-state index in [-0.39, 0.29) is 24.1 Å². The van der Waals surface area contributed by atoms with Crippen LogP contribution in [-0.4, -0.2) is 35.3 Å². The Morgan fingerprint density at radius 1 is 1.28 bits per heavy atom. The molecule has 2 aromatic heterocycles. The van der Waals surface area contributed by atoms with Crippen molar-refractivity contribution in [3.8, 4) is 5.69 Å². The van der Waals surface area contributed by atoms with Crippen LogP contribution in [0.2, 0.25) is 0 Å². The highest BCUT2D eigenvalue weighted by Gasteiger charge is 2.16. The minimum Gasteiger partial charge on any atom is -0.350 e. The molecule has 1 amide bonds. The van der Waals surface area contributed by atoms with E-state index in [1.165, 1.54) is 23.5 Å². The topological polar surface area (TPSA) is 58.9 Å². The van der Waals surface area contributed by atoms with Crippen molar-refractivity contribution >= 4 is 39.9 Å². The Morgan fingerprint density at radius 2 is 2.00 bits per heavy atom. The van der Waals surface area contributed by atoms with Crippen molar-refractivity contribution in [1.29, 1.82) is 0 Å². The second-order valence-electron chi connectivity index (χ2n) is 5.41. The van der Waals surface area contributed by atoms with Crippen LogP contribution >= 0.6 is 23.7 Å². The van der Waals surface area contributed by atoms with Gasteiger partial charge in [-0.1, -0.05) is 6.92 Å². The van der Waals surface area contributed by atoms with Crippen LogP contribution in [0.4, 0.5) is 4.39 Å². The fourth-order valence-electron chi connectivity index (χ4n) is 2.44.